The average molecular weight is 504 g/mol. The van der Waals surface area contributed by atoms with Crippen LogP contribution in [0.4, 0.5) is 0 Å². The van der Waals surface area contributed by atoms with Crippen molar-refractivity contribution in [3.8, 4) is 51.2 Å². The van der Waals surface area contributed by atoms with Crippen molar-refractivity contribution in [2.24, 2.45) is 0 Å². The highest BCUT2D eigenvalue weighted by molar-refractivity contribution is 5.74. The Labute approximate surface area is 227 Å². The second kappa shape index (κ2) is 10.5. The molecule has 0 aliphatic carbocycles. The van der Waals surface area contributed by atoms with E-state index in [4.69, 9.17) is 19.9 Å². The fourth-order valence-electron chi connectivity index (χ4n) is 4.56. The zero-order chi connectivity index (χ0) is 26.6. The van der Waals surface area contributed by atoms with E-state index in [2.05, 4.69) is 35.9 Å². The molecular weight excluding hydrogens is 478 g/mol. The summed E-state index contributed by atoms with van der Waals surface area (Å²) in [5.74, 6) is 2.63. The second-order valence-electron chi connectivity index (χ2n) is 8.90. The van der Waals surface area contributed by atoms with Gasteiger partial charge >= 0.3 is 0 Å². The number of hydrogen-bond donors (Lipinski definition) is 0. The zero-order valence-corrected chi connectivity index (χ0v) is 21.3. The van der Waals surface area contributed by atoms with Crippen LogP contribution in [0.3, 0.4) is 0 Å². The predicted octanol–water partition coefficient (Wildman–Crippen LogP) is 8.01. The summed E-state index contributed by atoms with van der Waals surface area (Å²) in [6, 6.07) is 38.2. The summed E-state index contributed by atoms with van der Waals surface area (Å²) < 4.78 is 2.10. The molecule has 39 heavy (non-hydrogen) atoms. The Balaban J connectivity index is 1.53. The van der Waals surface area contributed by atoms with Crippen molar-refractivity contribution in [1.82, 2.24) is 24.5 Å². The van der Waals surface area contributed by atoms with E-state index in [0.29, 0.717) is 17.5 Å². The Hall–Kier alpha value is -5.42. The molecule has 0 bridgehead atoms. The molecule has 0 unspecified atom stereocenters. The highest BCUT2D eigenvalue weighted by atomic mass is 15.1. The third-order valence-electron chi connectivity index (χ3n) is 6.42. The number of para-hydroxylation sites is 1. The monoisotopic (exact) mass is 503 g/mol. The number of imidazole rings is 1. The second-order valence-corrected chi connectivity index (χ2v) is 8.90. The van der Waals surface area contributed by atoms with Crippen LogP contribution >= 0.6 is 0 Å². The predicted molar refractivity (Wildman–Crippen MR) is 159 cm³/mol. The molecule has 0 aliphatic heterocycles. The number of aromatic nitrogens is 5. The maximum Gasteiger partial charge on any atom is 0.164 e. The highest BCUT2D eigenvalue weighted by Gasteiger charge is 2.18. The van der Waals surface area contributed by atoms with Crippen molar-refractivity contribution < 1.29 is 0 Å². The third kappa shape index (κ3) is 4.69. The quantitative estimate of drug-likeness (QED) is 0.221. The number of nitrogens with zero attached hydrogens (tertiary/aromatic N) is 5. The summed E-state index contributed by atoms with van der Waals surface area (Å²) in [6.45, 7) is 8.01. The Kier molecular flexibility index (Phi) is 6.46. The van der Waals surface area contributed by atoms with Crippen molar-refractivity contribution >= 4 is 12.2 Å². The normalized spacial score (nSPS) is 10.8. The van der Waals surface area contributed by atoms with E-state index in [-0.39, 0.29) is 0 Å². The van der Waals surface area contributed by atoms with Gasteiger partial charge in [0.25, 0.3) is 0 Å². The minimum Gasteiger partial charge on any atom is -0.292 e. The van der Waals surface area contributed by atoms with Gasteiger partial charge in [0.2, 0.25) is 0 Å². The van der Waals surface area contributed by atoms with Crippen molar-refractivity contribution in [3.05, 3.63) is 140 Å². The van der Waals surface area contributed by atoms with Gasteiger partial charge in [0, 0.05) is 27.9 Å². The van der Waals surface area contributed by atoms with Gasteiger partial charge in [-0.2, -0.15) is 0 Å². The molecule has 186 valence electrons. The van der Waals surface area contributed by atoms with E-state index in [1.54, 1.807) is 6.08 Å². The molecule has 0 amide bonds. The average Bonchev–Trinajstić information content (AvgIpc) is 3.41. The number of hydrogen-bond acceptors (Lipinski definition) is 4. The lowest BCUT2D eigenvalue weighted by Crippen LogP contribution is -2.01. The summed E-state index contributed by atoms with van der Waals surface area (Å²) in [6.07, 6.45) is 3.57. The van der Waals surface area contributed by atoms with Gasteiger partial charge in [-0.05, 0) is 30.4 Å². The van der Waals surface area contributed by atoms with Crippen LogP contribution < -0.4 is 0 Å². The molecule has 5 nitrogen and oxygen atoms in total. The minimum atomic E-state index is 0.593. The van der Waals surface area contributed by atoms with E-state index in [1.807, 2.05) is 103 Å². The molecule has 6 aromatic rings. The van der Waals surface area contributed by atoms with Crippen molar-refractivity contribution in [2.75, 3.05) is 0 Å². The number of benzene rings is 4. The molecule has 0 saturated carbocycles. The van der Waals surface area contributed by atoms with Gasteiger partial charge in [0.15, 0.2) is 17.5 Å². The molecular formula is C34H25N5. The van der Waals surface area contributed by atoms with Crippen LogP contribution in [0.5, 0.6) is 0 Å². The van der Waals surface area contributed by atoms with Gasteiger partial charge in [-0.3, -0.25) is 4.57 Å². The van der Waals surface area contributed by atoms with Crippen molar-refractivity contribution in [2.45, 2.75) is 0 Å². The van der Waals surface area contributed by atoms with Crippen LogP contribution in [0.15, 0.2) is 128 Å². The molecule has 2 heterocycles. The zero-order valence-electron chi connectivity index (χ0n) is 21.3. The summed E-state index contributed by atoms with van der Waals surface area (Å²) in [7, 11) is 0. The van der Waals surface area contributed by atoms with Crippen LogP contribution in [-0.4, -0.2) is 24.5 Å². The maximum absolute atomic E-state index is 4.93. The van der Waals surface area contributed by atoms with Crippen molar-refractivity contribution in [1.29, 1.82) is 0 Å². The Morgan fingerprint density at radius 3 is 1.51 bits per heavy atom. The third-order valence-corrected chi connectivity index (χ3v) is 6.42. The molecule has 6 rings (SSSR count). The molecule has 2 aromatic heterocycles. The van der Waals surface area contributed by atoms with Crippen LogP contribution in [0.1, 0.15) is 11.4 Å². The van der Waals surface area contributed by atoms with Gasteiger partial charge in [0.05, 0.1) is 11.4 Å². The topological polar surface area (TPSA) is 56.5 Å². The van der Waals surface area contributed by atoms with Crippen LogP contribution in [-0.2, 0) is 0 Å². The molecule has 0 N–H and O–H groups in total. The highest BCUT2D eigenvalue weighted by Crippen LogP contribution is 2.31. The summed E-state index contributed by atoms with van der Waals surface area (Å²) in [5.41, 5.74) is 6.30. The van der Waals surface area contributed by atoms with E-state index in [1.165, 1.54) is 0 Å². The molecule has 0 spiro atoms. The van der Waals surface area contributed by atoms with E-state index in [9.17, 15) is 0 Å². The fourth-order valence-corrected chi connectivity index (χ4v) is 4.56. The summed E-state index contributed by atoms with van der Waals surface area (Å²) >= 11 is 0. The first-order valence-electron chi connectivity index (χ1n) is 12.7. The fraction of sp³-hybridized carbons (Fsp3) is 0. The Bertz CT molecular complexity index is 1710. The summed E-state index contributed by atoms with van der Waals surface area (Å²) in [5, 5.41) is 0. The first-order chi connectivity index (χ1) is 19.2. The van der Waals surface area contributed by atoms with E-state index >= 15 is 0 Å². The van der Waals surface area contributed by atoms with Crippen LogP contribution in [0.25, 0.3) is 63.4 Å². The Morgan fingerprint density at radius 2 is 0.974 bits per heavy atom. The van der Waals surface area contributed by atoms with E-state index in [0.717, 1.165) is 45.2 Å². The van der Waals surface area contributed by atoms with Gasteiger partial charge in [-0.15, -0.1) is 0 Å². The lowest BCUT2D eigenvalue weighted by molar-refractivity contribution is 1.05. The number of rotatable bonds is 7. The maximum atomic E-state index is 4.93. The summed E-state index contributed by atoms with van der Waals surface area (Å²) in [4.78, 5) is 19.5. The standard InChI is InChI=1S/C34H25N5/c1-3-29-30(4-2)39(28-21-12-7-13-22-28)34(35-29)27-20-14-19-26(23-27)33-37-31(24-15-8-5-9-16-24)36-32(38-33)25-17-10-6-11-18-25/h3-23H,1-2H2. The van der Waals surface area contributed by atoms with Crippen LogP contribution in [0.2, 0.25) is 0 Å². The lowest BCUT2D eigenvalue weighted by Gasteiger charge is -2.12. The van der Waals surface area contributed by atoms with Gasteiger partial charge in [-0.1, -0.05) is 110 Å². The molecule has 0 saturated heterocycles. The van der Waals surface area contributed by atoms with Gasteiger partial charge < -0.3 is 0 Å². The SMILES string of the molecule is C=Cc1nc(-c2cccc(-c3nc(-c4ccccc4)nc(-c4ccccc4)n3)c2)n(-c2ccccc2)c1C=C. The first-order valence-corrected chi connectivity index (χ1v) is 12.7. The largest absolute Gasteiger partial charge is 0.292 e. The first kappa shape index (κ1) is 23.9. The Morgan fingerprint density at radius 1 is 0.487 bits per heavy atom. The molecule has 0 aliphatic rings. The van der Waals surface area contributed by atoms with Gasteiger partial charge in [0.1, 0.15) is 5.82 Å². The lowest BCUT2D eigenvalue weighted by atomic mass is 10.1. The molecule has 0 atom stereocenters. The van der Waals surface area contributed by atoms with Crippen molar-refractivity contribution in [3.63, 3.8) is 0 Å². The minimum absolute atomic E-state index is 0.593. The molecule has 5 heteroatoms. The molecule has 4 aromatic carbocycles. The smallest absolute Gasteiger partial charge is 0.164 e. The van der Waals surface area contributed by atoms with Crippen LogP contribution in [0, 0.1) is 0 Å². The molecule has 0 radical (unpaired) electrons. The van der Waals surface area contributed by atoms with Gasteiger partial charge in [-0.25, -0.2) is 19.9 Å². The molecule has 0 fully saturated rings. The van der Waals surface area contributed by atoms with E-state index < -0.39 is 0 Å².